The van der Waals surface area contributed by atoms with Crippen LogP contribution in [0.2, 0.25) is 5.02 Å². The van der Waals surface area contributed by atoms with Crippen LogP contribution >= 0.6 is 11.6 Å². The van der Waals surface area contributed by atoms with Crippen molar-refractivity contribution in [1.29, 1.82) is 0 Å². The number of hydrogen-bond acceptors (Lipinski definition) is 5. The van der Waals surface area contributed by atoms with Crippen molar-refractivity contribution in [2.45, 2.75) is 31.4 Å². The fraction of sp³-hybridized carbons (Fsp3) is 0.421. The number of hydrogen-bond donors (Lipinski definition) is 1. The molecule has 1 aromatic heterocycles. The lowest BCUT2D eigenvalue weighted by molar-refractivity contribution is 0.176. The van der Waals surface area contributed by atoms with Crippen LogP contribution in [0.4, 0.5) is 4.39 Å². The van der Waals surface area contributed by atoms with Gasteiger partial charge in [0.05, 0.1) is 29.6 Å². The molecule has 0 amide bonds. The van der Waals surface area contributed by atoms with Crippen LogP contribution in [0.3, 0.4) is 0 Å². The Bertz CT molecular complexity index is 1000. The molecule has 29 heavy (non-hydrogen) atoms. The minimum atomic E-state index is -3.63. The van der Waals surface area contributed by atoms with Gasteiger partial charge in [-0.2, -0.15) is 5.10 Å². The lowest BCUT2D eigenvalue weighted by Crippen LogP contribution is -2.22. The molecule has 0 saturated heterocycles. The number of methoxy groups -OCH3 is 1. The molecule has 0 aliphatic heterocycles. The van der Waals surface area contributed by atoms with E-state index in [9.17, 15) is 12.8 Å². The number of nitrogens with zero attached hydrogens (tertiary/aromatic N) is 3. The zero-order chi connectivity index (χ0) is 21.8. The summed E-state index contributed by atoms with van der Waals surface area (Å²) >= 11 is 6.25. The number of halogens is 2. The van der Waals surface area contributed by atoms with E-state index in [1.165, 1.54) is 26.2 Å². The highest BCUT2D eigenvalue weighted by Crippen LogP contribution is 2.27. The molecule has 1 aromatic carbocycles. The van der Waals surface area contributed by atoms with Crippen LogP contribution in [0.15, 0.2) is 35.0 Å². The van der Waals surface area contributed by atoms with Crippen molar-refractivity contribution in [1.82, 2.24) is 14.1 Å². The van der Waals surface area contributed by atoms with Gasteiger partial charge in [0, 0.05) is 39.7 Å². The summed E-state index contributed by atoms with van der Waals surface area (Å²) in [6, 6.07) is 4.83. The number of allylic oxidation sites excluding steroid dienone is 1. The average Bonchev–Trinajstić information content (AvgIpc) is 2.90. The summed E-state index contributed by atoms with van der Waals surface area (Å²) in [5.41, 5.74) is 8.53. The Balaban J connectivity index is 2.40. The van der Waals surface area contributed by atoms with E-state index in [4.69, 9.17) is 22.1 Å². The van der Waals surface area contributed by atoms with Crippen LogP contribution in [0.5, 0.6) is 0 Å². The van der Waals surface area contributed by atoms with Crippen molar-refractivity contribution < 1.29 is 17.5 Å². The van der Waals surface area contributed by atoms with Gasteiger partial charge in [0.1, 0.15) is 10.7 Å². The number of rotatable bonds is 9. The summed E-state index contributed by atoms with van der Waals surface area (Å²) in [6.07, 6.45) is 1.76. The molecular weight excluding hydrogens is 419 g/mol. The maximum Gasteiger partial charge on any atom is 0.244 e. The molecule has 7 nitrogen and oxygen atoms in total. The molecule has 0 fully saturated rings. The van der Waals surface area contributed by atoms with Crippen molar-refractivity contribution in [3.8, 4) is 0 Å². The van der Waals surface area contributed by atoms with Gasteiger partial charge in [-0.25, -0.2) is 17.1 Å². The van der Waals surface area contributed by atoms with E-state index in [2.05, 4.69) is 5.10 Å². The van der Waals surface area contributed by atoms with Gasteiger partial charge in [-0.05, 0) is 30.7 Å². The average molecular weight is 445 g/mol. The molecular formula is C19H26ClFN4O3S. The first-order chi connectivity index (χ1) is 13.6. The maximum atomic E-state index is 14.0. The second kappa shape index (κ2) is 9.82. The molecule has 0 unspecified atom stereocenters. The van der Waals surface area contributed by atoms with Crippen molar-refractivity contribution in [3.63, 3.8) is 0 Å². The molecule has 2 aromatic rings. The van der Waals surface area contributed by atoms with Gasteiger partial charge >= 0.3 is 0 Å². The molecule has 0 aliphatic carbocycles. The van der Waals surface area contributed by atoms with Crippen molar-refractivity contribution >= 4 is 21.6 Å². The molecule has 0 atom stereocenters. The molecule has 2 rings (SSSR count). The Kier molecular flexibility index (Phi) is 7.95. The minimum Gasteiger partial charge on any atom is -0.378 e. The van der Waals surface area contributed by atoms with Gasteiger partial charge in [0.25, 0.3) is 0 Å². The number of benzene rings is 1. The smallest absolute Gasteiger partial charge is 0.244 e. The van der Waals surface area contributed by atoms with E-state index in [-0.39, 0.29) is 35.4 Å². The van der Waals surface area contributed by atoms with E-state index in [0.717, 1.165) is 26.8 Å². The molecule has 2 N–H and O–H groups in total. The summed E-state index contributed by atoms with van der Waals surface area (Å²) in [4.78, 5) is 0.0476. The Morgan fingerprint density at radius 2 is 2.10 bits per heavy atom. The fourth-order valence-electron chi connectivity index (χ4n) is 2.93. The van der Waals surface area contributed by atoms with Crippen LogP contribution in [-0.2, 0) is 34.3 Å². The van der Waals surface area contributed by atoms with Crippen LogP contribution in [0.25, 0.3) is 0 Å². The van der Waals surface area contributed by atoms with E-state index in [0.29, 0.717) is 6.42 Å². The number of aryl methyl sites for hydroxylation is 1. The zero-order valence-corrected chi connectivity index (χ0v) is 18.5. The predicted molar refractivity (Wildman–Crippen MR) is 111 cm³/mol. The van der Waals surface area contributed by atoms with Gasteiger partial charge in [0.15, 0.2) is 0 Å². The fourth-order valence-corrected chi connectivity index (χ4v) is 4.36. The van der Waals surface area contributed by atoms with Crippen LogP contribution in [-0.4, -0.2) is 50.3 Å². The first-order valence-corrected chi connectivity index (χ1v) is 10.7. The first-order valence-electron chi connectivity index (χ1n) is 8.91. The van der Waals surface area contributed by atoms with E-state index >= 15 is 0 Å². The normalized spacial score (nSPS) is 12.8. The zero-order valence-electron chi connectivity index (χ0n) is 16.9. The second-order valence-electron chi connectivity index (χ2n) is 6.72. The molecule has 0 aliphatic rings. The Morgan fingerprint density at radius 3 is 2.66 bits per heavy atom. The van der Waals surface area contributed by atoms with Gasteiger partial charge < -0.3 is 10.5 Å². The third-order valence-electron chi connectivity index (χ3n) is 4.42. The predicted octanol–water partition coefficient (Wildman–Crippen LogP) is 2.64. The van der Waals surface area contributed by atoms with Crippen LogP contribution in [0.1, 0.15) is 22.5 Å². The summed E-state index contributed by atoms with van der Waals surface area (Å²) in [5, 5.41) is 4.57. The minimum absolute atomic E-state index is 0.0303. The molecule has 1 heterocycles. The third kappa shape index (κ3) is 5.43. The largest absolute Gasteiger partial charge is 0.378 e. The lowest BCUT2D eigenvalue weighted by Gasteiger charge is -2.14. The summed E-state index contributed by atoms with van der Waals surface area (Å²) in [5.74, 6) is -0.375. The molecule has 0 saturated carbocycles. The molecule has 10 heteroatoms. The molecule has 0 radical (unpaired) electrons. The maximum absolute atomic E-state index is 14.0. The first kappa shape index (κ1) is 23.5. The van der Waals surface area contributed by atoms with Crippen LogP contribution in [0, 0.1) is 6.92 Å². The standard InChI is InChI=1S/C19H26ClFN4O3S/c1-13-16(18(12-28-4)25(23-13)11-15(21)7-8-22)9-14-5-6-19(17(20)10-14)29(26,27)24(2)3/h5-7,10H,8-9,11-12,22H2,1-4H3/b15-7-. The van der Waals surface area contributed by atoms with Gasteiger partial charge in [-0.3, -0.25) is 4.68 Å². The van der Waals surface area contributed by atoms with Gasteiger partial charge in [0.2, 0.25) is 10.0 Å². The third-order valence-corrected chi connectivity index (χ3v) is 6.72. The molecule has 160 valence electrons. The number of ether oxygens (including phenoxy) is 1. The van der Waals surface area contributed by atoms with Gasteiger partial charge in [-0.1, -0.05) is 17.7 Å². The van der Waals surface area contributed by atoms with Crippen molar-refractivity contribution in [2.75, 3.05) is 27.7 Å². The Labute approximate surface area is 175 Å². The van der Waals surface area contributed by atoms with Gasteiger partial charge in [-0.15, -0.1) is 0 Å². The Hall–Kier alpha value is -1.78. The van der Waals surface area contributed by atoms with E-state index < -0.39 is 10.0 Å². The topological polar surface area (TPSA) is 90.5 Å². The lowest BCUT2D eigenvalue weighted by atomic mass is 10.0. The highest BCUT2D eigenvalue weighted by molar-refractivity contribution is 7.89. The van der Waals surface area contributed by atoms with E-state index in [1.54, 1.807) is 23.9 Å². The number of aromatic nitrogens is 2. The second-order valence-corrected chi connectivity index (χ2v) is 9.24. The number of nitrogens with two attached hydrogens (primary N) is 1. The summed E-state index contributed by atoms with van der Waals surface area (Å²) < 4.78 is 46.6. The van der Waals surface area contributed by atoms with E-state index in [1.807, 2.05) is 6.92 Å². The highest BCUT2D eigenvalue weighted by Gasteiger charge is 2.22. The van der Waals surface area contributed by atoms with Crippen LogP contribution < -0.4 is 5.73 Å². The van der Waals surface area contributed by atoms with Crippen molar-refractivity contribution in [2.24, 2.45) is 5.73 Å². The summed E-state index contributed by atoms with van der Waals surface area (Å²) in [6.45, 7) is 2.17. The van der Waals surface area contributed by atoms with Crippen molar-refractivity contribution in [3.05, 3.63) is 57.6 Å². The molecule has 0 spiro atoms. The quantitative estimate of drug-likeness (QED) is 0.642. The Morgan fingerprint density at radius 1 is 1.41 bits per heavy atom. The summed E-state index contributed by atoms with van der Waals surface area (Å²) in [7, 11) is 0.828. The molecule has 0 bridgehead atoms. The number of sulfonamides is 1. The SMILES string of the molecule is COCc1c(Cc2ccc(S(=O)(=O)N(C)C)c(Cl)c2)c(C)nn1C/C(F)=C/CN. The monoisotopic (exact) mass is 444 g/mol. The highest BCUT2D eigenvalue weighted by atomic mass is 35.5.